The fraction of sp³-hybridized carbons (Fsp3) is 0.333. The zero-order chi connectivity index (χ0) is 18.8. The second kappa shape index (κ2) is 7.31. The molecule has 140 valence electrons. The van der Waals surface area contributed by atoms with Crippen LogP contribution < -0.4 is 9.47 Å². The van der Waals surface area contributed by atoms with Gasteiger partial charge >= 0.3 is 0 Å². The summed E-state index contributed by atoms with van der Waals surface area (Å²) in [5.41, 5.74) is 3.67. The van der Waals surface area contributed by atoms with Crippen LogP contribution in [0.25, 0.3) is 11.0 Å². The molecule has 1 aliphatic heterocycles. The number of hydrogen-bond donors (Lipinski definition) is 1. The van der Waals surface area contributed by atoms with Crippen LogP contribution in [0.1, 0.15) is 34.8 Å². The minimum Gasteiger partial charge on any atom is -0.493 e. The first-order chi connectivity index (χ1) is 13.2. The van der Waals surface area contributed by atoms with E-state index in [1.807, 2.05) is 23.1 Å². The predicted octanol–water partition coefficient (Wildman–Crippen LogP) is 3.60. The zero-order valence-corrected chi connectivity index (χ0v) is 15.6. The molecule has 3 aromatic rings. The number of ether oxygens (including phenoxy) is 2. The van der Waals surface area contributed by atoms with Crippen molar-refractivity contribution in [2.24, 2.45) is 0 Å². The van der Waals surface area contributed by atoms with Crippen molar-refractivity contribution in [3.8, 4) is 11.5 Å². The van der Waals surface area contributed by atoms with Gasteiger partial charge < -0.3 is 19.4 Å². The zero-order valence-electron chi connectivity index (χ0n) is 15.6. The van der Waals surface area contributed by atoms with Gasteiger partial charge in [0.15, 0.2) is 11.5 Å². The highest BCUT2D eigenvalue weighted by atomic mass is 16.5. The van der Waals surface area contributed by atoms with E-state index in [-0.39, 0.29) is 11.8 Å². The highest BCUT2D eigenvalue weighted by Crippen LogP contribution is 2.34. The molecule has 6 nitrogen and oxygen atoms in total. The summed E-state index contributed by atoms with van der Waals surface area (Å²) in [4.78, 5) is 22.9. The van der Waals surface area contributed by atoms with Crippen molar-refractivity contribution in [3.05, 3.63) is 53.9 Å². The van der Waals surface area contributed by atoms with Crippen LogP contribution in [0.2, 0.25) is 0 Å². The molecule has 1 atom stereocenters. The van der Waals surface area contributed by atoms with Gasteiger partial charge in [0.25, 0.3) is 5.91 Å². The third-order valence-electron chi connectivity index (χ3n) is 5.19. The molecule has 1 fully saturated rings. The third kappa shape index (κ3) is 3.23. The van der Waals surface area contributed by atoms with Gasteiger partial charge in [-0.25, -0.2) is 0 Å². The number of piperidine rings is 1. The van der Waals surface area contributed by atoms with E-state index in [2.05, 4.69) is 16.0 Å². The maximum absolute atomic E-state index is 13.2. The number of nitrogens with zero attached hydrogens (tertiary/aromatic N) is 2. The Balaban J connectivity index is 1.59. The van der Waals surface area contributed by atoms with Crippen LogP contribution in [0.4, 0.5) is 0 Å². The molecule has 6 heteroatoms. The minimum atomic E-state index is -0.0234. The molecule has 0 saturated carbocycles. The number of methoxy groups -OCH3 is 2. The summed E-state index contributed by atoms with van der Waals surface area (Å²) < 4.78 is 10.8. The first-order valence-corrected chi connectivity index (χ1v) is 9.15. The summed E-state index contributed by atoms with van der Waals surface area (Å²) in [6, 6.07) is 11.5. The predicted molar refractivity (Wildman–Crippen MR) is 104 cm³/mol. The second-order valence-electron chi connectivity index (χ2n) is 6.79. The smallest absolute Gasteiger partial charge is 0.257 e. The minimum absolute atomic E-state index is 0.0234. The van der Waals surface area contributed by atoms with Gasteiger partial charge in [0.2, 0.25) is 0 Å². The number of carbonyl (C=O) groups is 1. The van der Waals surface area contributed by atoms with Crippen molar-refractivity contribution < 1.29 is 14.3 Å². The number of fused-ring (bicyclic) bond motifs is 1. The molecule has 0 unspecified atom stereocenters. The second-order valence-corrected chi connectivity index (χ2v) is 6.79. The molecule has 1 N–H and O–H groups in total. The van der Waals surface area contributed by atoms with Crippen LogP contribution in [0.5, 0.6) is 11.5 Å². The Morgan fingerprint density at radius 2 is 2.11 bits per heavy atom. The summed E-state index contributed by atoms with van der Waals surface area (Å²) in [5, 5.41) is 0. The van der Waals surface area contributed by atoms with E-state index < -0.39 is 0 Å². The number of amides is 1. The van der Waals surface area contributed by atoms with Gasteiger partial charge in [0.1, 0.15) is 0 Å². The van der Waals surface area contributed by atoms with Crippen molar-refractivity contribution in [3.63, 3.8) is 0 Å². The van der Waals surface area contributed by atoms with Gasteiger partial charge in [-0.2, -0.15) is 0 Å². The van der Waals surface area contributed by atoms with E-state index in [1.165, 1.54) is 0 Å². The highest BCUT2D eigenvalue weighted by molar-refractivity contribution is 5.98. The number of carbonyl (C=O) groups excluding carboxylic acids is 1. The molecule has 1 amide bonds. The van der Waals surface area contributed by atoms with E-state index in [1.54, 1.807) is 32.5 Å². The largest absolute Gasteiger partial charge is 0.493 e. The molecule has 0 spiro atoms. The molecular formula is C21H23N3O3. The monoisotopic (exact) mass is 365 g/mol. The van der Waals surface area contributed by atoms with Gasteiger partial charge in [-0.3, -0.25) is 9.78 Å². The van der Waals surface area contributed by atoms with Crippen LogP contribution in [0.3, 0.4) is 0 Å². The fourth-order valence-electron chi connectivity index (χ4n) is 3.84. The van der Waals surface area contributed by atoms with Crippen molar-refractivity contribution in [1.82, 2.24) is 14.9 Å². The van der Waals surface area contributed by atoms with Gasteiger partial charge in [0.05, 0.1) is 30.8 Å². The van der Waals surface area contributed by atoms with E-state index >= 15 is 0 Å². The van der Waals surface area contributed by atoms with Gasteiger partial charge in [-0.1, -0.05) is 6.07 Å². The summed E-state index contributed by atoms with van der Waals surface area (Å²) in [5.74, 6) is 1.30. The average molecular weight is 365 g/mol. The van der Waals surface area contributed by atoms with E-state index in [0.717, 1.165) is 36.1 Å². The van der Waals surface area contributed by atoms with Gasteiger partial charge in [0, 0.05) is 30.9 Å². The summed E-state index contributed by atoms with van der Waals surface area (Å²) >= 11 is 0. The standard InChI is InChI=1S/C21H23N3O3/c1-26-19-9-3-7-15(20(19)27-2)21(25)24-11-5-6-14(13-24)17-12-18-16(23-17)8-4-10-22-18/h3-4,7-10,12,14,23H,5-6,11,13H2,1-2H3/t14-/m0/s1. The van der Waals surface area contributed by atoms with Gasteiger partial charge in [-0.05, 0) is 43.2 Å². The van der Waals surface area contributed by atoms with Crippen LogP contribution in [-0.4, -0.2) is 48.1 Å². The topological polar surface area (TPSA) is 67.5 Å². The number of hydrogen-bond acceptors (Lipinski definition) is 4. The Kier molecular flexibility index (Phi) is 4.71. The Hall–Kier alpha value is -3.02. The molecule has 4 rings (SSSR count). The number of H-pyrrole nitrogens is 1. The summed E-state index contributed by atoms with van der Waals surface area (Å²) in [6.07, 6.45) is 3.81. The van der Waals surface area contributed by atoms with Crippen LogP contribution in [-0.2, 0) is 0 Å². The van der Waals surface area contributed by atoms with Crippen LogP contribution in [0.15, 0.2) is 42.6 Å². The molecular weight excluding hydrogens is 342 g/mol. The summed E-state index contributed by atoms with van der Waals surface area (Å²) in [7, 11) is 3.14. The maximum Gasteiger partial charge on any atom is 0.257 e. The molecule has 2 aromatic heterocycles. The molecule has 0 radical (unpaired) electrons. The SMILES string of the molecule is COc1cccc(C(=O)N2CCC[C@H](c3cc4ncccc4[nH]3)C2)c1OC. The molecule has 3 heterocycles. The van der Waals surface area contributed by atoms with E-state index in [0.29, 0.717) is 23.6 Å². The third-order valence-corrected chi connectivity index (χ3v) is 5.19. The number of benzene rings is 1. The number of pyridine rings is 1. The lowest BCUT2D eigenvalue weighted by Gasteiger charge is -2.32. The number of rotatable bonds is 4. The molecule has 0 aliphatic carbocycles. The molecule has 27 heavy (non-hydrogen) atoms. The maximum atomic E-state index is 13.2. The number of nitrogens with one attached hydrogen (secondary N) is 1. The number of aromatic amines is 1. The number of aromatic nitrogens is 2. The molecule has 1 aliphatic rings. The quantitative estimate of drug-likeness (QED) is 0.767. The van der Waals surface area contributed by atoms with Crippen molar-refractivity contribution in [2.45, 2.75) is 18.8 Å². The summed E-state index contributed by atoms with van der Waals surface area (Å²) in [6.45, 7) is 1.42. The highest BCUT2D eigenvalue weighted by Gasteiger charge is 2.28. The van der Waals surface area contributed by atoms with Crippen LogP contribution >= 0.6 is 0 Å². The lowest BCUT2D eigenvalue weighted by Crippen LogP contribution is -2.39. The first-order valence-electron chi connectivity index (χ1n) is 9.15. The van der Waals surface area contributed by atoms with E-state index in [4.69, 9.17) is 9.47 Å². The Morgan fingerprint density at radius 3 is 2.89 bits per heavy atom. The fourth-order valence-corrected chi connectivity index (χ4v) is 3.84. The van der Waals surface area contributed by atoms with E-state index in [9.17, 15) is 4.79 Å². The Morgan fingerprint density at radius 1 is 1.22 bits per heavy atom. The first kappa shape index (κ1) is 17.4. The molecule has 1 aromatic carbocycles. The number of likely N-dealkylation sites (tertiary alicyclic amines) is 1. The lowest BCUT2D eigenvalue weighted by atomic mass is 9.94. The van der Waals surface area contributed by atoms with Crippen molar-refractivity contribution in [2.75, 3.05) is 27.3 Å². The molecule has 0 bridgehead atoms. The van der Waals surface area contributed by atoms with Gasteiger partial charge in [-0.15, -0.1) is 0 Å². The van der Waals surface area contributed by atoms with Crippen molar-refractivity contribution >= 4 is 16.9 Å². The van der Waals surface area contributed by atoms with Crippen LogP contribution in [0, 0.1) is 0 Å². The lowest BCUT2D eigenvalue weighted by molar-refractivity contribution is 0.0702. The Bertz CT molecular complexity index is 933. The van der Waals surface area contributed by atoms with Crippen molar-refractivity contribution in [1.29, 1.82) is 0 Å². The average Bonchev–Trinajstić information content (AvgIpc) is 3.17. The number of para-hydroxylation sites is 1. The Labute approximate surface area is 158 Å². The normalized spacial score (nSPS) is 17.1. The molecule has 1 saturated heterocycles.